The van der Waals surface area contributed by atoms with Crippen molar-refractivity contribution in [1.82, 2.24) is 0 Å². The first-order valence-electron chi connectivity index (χ1n) is 4.98. The molecule has 1 amide bonds. The number of hydrogen-bond acceptors (Lipinski definition) is 5. The summed E-state index contributed by atoms with van der Waals surface area (Å²) in [5.41, 5.74) is 0.573. The van der Waals surface area contributed by atoms with Crippen molar-refractivity contribution in [3.8, 4) is 11.5 Å². The average molecular weight is 249 g/mol. The number of carbonyl (C=O) groups is 2. The molecule has 1 aromatic rings. The predicted molar refractivity (Wildman–Crippen MR) is 64.1 cm³/mol. The maximum Gasteiger partial charge on any atom is 0.309 e. The molecule has 0 aliphatic carbocycles. The number of hydrogen-bond donors (Lipinski definition) is 0. The highest BCUT2D eigenvalue weighted by atomic mass is 16.6. The summed E-state index contributed by atoms with van der Waals surface area (Å²) in [6.45, 7) is 1.27. The fourth-order valence-corrected chi connectivity index (χ4v) is 1.23. The van der Waals surface area contributed by atoms with E-state index in [2.05, 4.69) is 5.18 Å². The van der Waals surface area contributed by atoms with E-state index in [9.17, 15) is 14.5 Å². The van der Waals surface area contributed by atoms with Crippen LogP contribution in [0.1, 0.15) is 12.5 Å². The van der Waals surface area contributed by atoms with Gasteiger partial charge in [-0.25, -0.2) is 0 Å². The molecule has 18 heavy (non-hydrogen) atoms. The first-order chi connectivity index (χ1) is 8.56. The highest BCUT2D eigenvalue weighted by Crippen LogP contribution is 2.28. The van der Waals surface area contributed by atoms with Crippen LogP contribution in [0.25, 0.3) is 6.08 Å². The number of ether oxygens (including phenoxy) is 2. The number of nitrogens with zero attached hydrogens (tertiary/aromatic N) is 1. The summed E-state index contributed by atoms with van der Waals surface area (Å²) < 4.78 is 9.95. The molecule has 0 aliphatic heterocycles. The minimum atomic E-state index is -0.889. The summed E-state index contributed by atoms with van der Waals surface area (Å²) >= 11 is 0. The summed E-state index contributed by atoms with van der Waals surface area (Å²) in [7, 11) is 1.44. The van der Waals surface area contributed by atoms with Crippen LogP contribution in [0, 0.1) is 4.91 Å². The number of methoxy groups -OCH3 is 1. The van der Waals surface area contributed by atoms with Crippen molar-refractivity contribution in [2.24, 2.45) is 5.18 Å². The monoisotopic (exact) mass is 249 g/mol. The van der Waals surface area contributed by atoms with E-state index in [-0.39, 0.29) is 5.75 Å². The number of amides is 1. The summed E-state index contributed by atoms with van der Waals surface area (Å²) in [6, 6.07) is 4.73. The second-order valence-electron chi connectivity index (χ2n) is 3.27. The number of rotatable bonds is 4. The molecule has 6 nitrogen and oxygen atoms in total. The van der Waals surface area contributed by atoms with Crippen LogP contribution < -0.4 is 9.47 Å². The molecule has 0 heterocycles. The van der Waals surface area contributed by atoms with Crippen LogP contribution in [0.4, 0.5) is 0 Å². The first kappa shape index (κ1) is 13.6. The Hall–Kier alpha value is -2.50. The van der Waals surface area contributed by atoms with E-state index in [0.717, 1.165) is 6.08 Å². The van der Waals surface area contributed by atoms with Crippen molar-refractivity contribution in [3.05, 3.63) is 34.7 Å². The second kappa shape index (κ2) is 6.29. The van der Waals surface area contributed by atoms with Gasteiger partial charge in [0, 0.05) is 18.2 Å². The first-order valence-corrected chi connectivity index (χ1v) is 4.98. The van der Waals surface area contributed by atoms with E-state index in [1.54, 1.807) is 12.1 Å². The minimum Gasteiger partial charge on any atom is -0.493 e. The third-order valence-corrected chi connectivity index (χ3v) is 1.95. The van der Waals surface area contributed by atoms with E-state index in [1.807, 2.05) is 0 Å². The normalized spacial score (nSPS) is 10.1. The van der Waals surface area contributed by atoms with Gasteiger partial charge in [0.1, 0.15) is 0 Å². The summed E-state index contributed by atoms with van der Waals surface area (Å²) in [6.07, 6.45) is 2.41. The summed E-state index contributed by atoms with van der Waals surface area (Å²) in [5, 5.41) is 2.22. The molecule has 6 heteroatoms. The molecule has 0 N–H and O–H groups in total. The Kier molecular flexibility index (Phi) is 4.74. The zero-order valence-electron chi connectivity index (χ0n) is 9.88. The van der Waals surface area contributed by atoms with Crippen LogP contribution in [0.15, 0.2) is 29.5 Å². The van der Waals surface area contributed by atoms with Gasteiger partial charge in [-0.2, -0.15) is 0 Å². The van der Waals surface area contributed by atoms with Crippen LogP contribution in [-0.4, -0.2) is 19.0 Å². The molecular formula is C12H11NO5. The van der Waals surface area contributed by atoms with Crippen LogP contribution in [-0.2, 0) is 9.59 Å². The van der Waals surface area contributed by atoms with Gasteiger partial charge >= 0.3 is 11.9 Å². The zero-order chi connectivity index (χ0) is 13.5. The highest BCUT2D eigenvalue weighted by molar-refractivity contribution is 5.92. The van der Waals surface area contributed by atoms with E-state index < -0.39 is 11.9 Å². The fourth-order valence-electron chi connectivity index (χ4n) is 1.23. The lowest BCUT2D eigenvalue weighted by atomic mass is 10.2. The Balaban J connectivity index is 3.02. The maximum atomic E-state index is 10.9. The van der Waals surface area contributed by atoms with Crippen LogP contribution in [0.2, 0.25) is 0 Å². The smallest absolute Gasteiger partial charge is 0.309 e. The summed E-state index contributed by atoms with van der Waals surface area (Å²) in [4.78, 5) is 31.5. The van der Waals surface area contributed by atoms with Crippen molar-refractivity contribution in [2.75, 3.05) is 7.11 Å². The minimum absolute atomic E-state index is 0.235. The average Bonchev–Trinajstić information content (AvgIpc) is 2.35. The lowest BCUT2D eigenvalue weighted by Crippen LogP contribution is -2.03. The molecule has 0 aliphatic rings. The molecule has 94 valence electrons. The molecule has 1 rings (SSSR count). The molecule has 1 aromatic carbocycles. The lowest BCUT2D eigenvalue weighted by molar-refractivity contribution is -0.132. The van der Waals surface area contributed by atoms with Crippen molar-refractivity contribution < 1.29 is 19.1 Å². The molecule has 0 bridgehead atoms. The molecule has 0 fully saturated rings. The lowest BCUT2D eigenvalue weighted by Gasteiger charge is -2.08. The van der Waals surface area contributed by atoms with Gasteiger partial charge < -0.3 is 9.47 Å². The van der Waals surface area contributed by atoms with Crippen molar-refractivity contribution >= 4 is 18.0 Å². The number of carbonyl (C=O) groups excluding carboxylic acids is 2. The van der Waals surface area contributed by atoms with Gasteiger partial charge in [-0.3, -0.25) is 9.59 Å². The van der Waals surface area contributed by atoms with Gasteiger partial charge in [-0.1, -0.05) is 6.07 Å². The Morgan fingerprint density at radius 1 is 1.28 bits per heavy atom. The molecule has 0 aromatic heterocycles. The van der Waals surface area contributed by atoms with Crippen molar-refractivity contribution in [2.45, 2.75) is 6.92 Å². The highest BCUT2D eigenvalue weighted by Gasteiger charge is 2.07. The van der Waals surface area contributed by atoms with Gasteiger partial charge in [0.05, 0.1) is 7.11 Å². The van der Waals surface area contributed by atoms with Crippen molar-refractivity contribution in [1.29, 1.82) is 0 Å². The van der Waals surface area contributed by atoms with E-state index in [4.69, 9.17) is 9.47 Å². The molecule has 0 spiro atoms. The third kappa shape index (κ3) is 3.82. The second-order valence-corrected chi connectivity index (χ2v) is 3.27. The molecule has 0 unspecified atom stereocenters. The third-order valence-electron chi connectivity index (χ3n) is 1.95. The van der Waals surface area contributed by atoms with E-state index in [0.29, 0.717) is 11.3 Å². The predicted octanol–water partition coefficient (Wildman–Crippen LogP) is 1.93. The maximum absolute atomic E-state index is 10.9. The van der Waals surface area contributed by atoms with E-state index >= 15 is 0 Å². The quantitative estimate of drug-likeness (QED) is 0.352. The van der Waals surface area contributed by atoms with Gasteiger partial charge in [-0.05, 0) is 23.8 Å². The van der Waals surface area contributed by atoms with Crippen LogP contribution >= 0.6 is 0 Å². The van der Waals surface area contributed by atoms with Crippen LogP contribution in [0.5, 0.6) is 11.5 Å². The van der Waals surface area contributed by atoms with Gasteiger partial charge in [0.25, 0.3) is 0 Å². The molecule has 0 saturated heterocycles. The molecule has 0 saturated carbocycles. The number of esters is 1. The van der Waals surface area contributed by atoms with Gasteiger partial charge in [-0.15, -0.1) is 4.91 Å². The molecular weight excluding hydrogens is 238 g/mol. The molecule has 0 radical (unpaired) electrons. The van der Waals surface area contributed by atoms with Crippen molar-refractivity contribution in [3.63, 3.8) is 0 Å². The van der Waals surface area contributed by atoms with Crippen LogP contribution in [0.3, 0.4) is 0 Å². The summed E-state index contributed by atoms with van der Waals surface area (Å²) in [5.74, 6) is -0.749. The number of benzene rings is 1. The topological polar surface area (TPSA) is 82.0 Å². The Morgan fingerprint density at radius 2 is 2.00 bits per heavy atom. The Labute approximate surface area is 103 Å². The standard InChI is InChI=1S/C12H11NO5/c1-8(14)18-11-7-9(3-5-10(11)17-2)4-6-12(15)13-16/h3-7H,1-2H3/b6-4+. The Morgan fingerprint density at radius 3 is 2.56 bits per heavy atom. The molecule has 0 atom stereocenters. The SMILES string of the molecule is COc1ccc(/C=C/C(=O)N=O)cc1OC(C)=O. The van der Waals surface area contributed by atoms with Gasteiger partial charge in [0.2, 0.25) is 0 Å². The number of nitroso groups, excluding NO2 is 1. The van der Waals surface area contributed by atoms with Gasteiger partial charge in [0.15, 0.2) is 11.5 Å². The largest absolute Gasteiger partial charge is 0.493 e. The zero-order valence-corrected chi connectivity index (χ0v) is 9.88. The van der Waals surface area contributed by atoms with E-state index in [1.165, 1.54) is 26.2 Å². The fraction of sp³-hybridized carbons (Fsp3) is 0.167. The Bertz CT molecular complexity index is 507.